The zero-order valence-electron chi connectivity index (χ0n) is 12.5. The third-order valence-corrected chi connectivity index (χ3v) is 4.73. The summed E-state index contributed by atoms with van der Waals surface area (Å²) in [6.07, 6.45) is 4.06. The minimum atomic E-state index is 0.665. The first-order valence-corrected chi connectivity index (χ1v) is 7.57. The summed E-state index contributed by atoms with van der Waals surface area (Å²) in [6.45, 7) is 15.3. The van der Waals surface area contributed by atoms with Crippen molar-refractivity contribution in [3.05, 3.63) is 0 Å². The van der Waals surface area contributed by atoms with E-state index in [9.17, 15) is 0 Å². The number of nitrogens with one attached hydrogen (secondary N) is 1. The molecule has 0 saturated carbocycles. The Labute approximate surface area is 108 Å². The van der Waals surface area contributed by atoms with Gasteiger partial charge in [-0.2, -0.15) is 0 Å². The van der Waals surface area contributed by atoms with Gasteiger partial charge in [0.2, 0.25) is 0 Å². The van der Waals surface area contributed by atoms with Crippen LogP contribution in [0.15, 0.2) is 0 Å². The van der Waals surface area contributed by atoms with E-state index in [1.54, 1.807) is 0 Å². The van der Waals surface area contributed by atoms with Crippen LogP contribution in [0.4, 0.5) is 0 Å². The highest BCUT2D eigenvalue weighted by Gasteiger charge is 2.27. The van der Waals surface area contributed by atoms with Gasteiger partial charge < -0.3 is 5.32 Å². The van der Waals surface area contributed by atoms with Crippen LogP contribution in [0.25, 0.3) is 0 Å². The molecule has 1 fully saturated rings. The molecule has 0 aromatic heterocycles. The second-order valence-corrected chi connectivity index (χ2v) is 5.90. The van der Waals surface area contributed by atoms with Gasteiger partial charge in [0.25, 0.3) is 0 Å². The zero-order valence-corrected chi connectivity index (χ0v) is 12.5. The van der Waals surface area contributed by atoms with Crippen molar-refractivity contribution in [2.24, 2.45) is 11.8 Å². The minimum Gasteiger partial charge on any atom is -0.313 e. The lowest BCUT2D eigenvalue weighted by Gasteiger charge is -2.41. The lowest BCUT2D eigenvalue weighted by Crippen LogP contribution is -2.51. The standard InChI is InChI=1S/C15H32N2/c1-6-12(3)15(16-7-2)11-17-10-8-9-13(4)14(17)5/h12-16H,6-11H2,1-5H3. The fraction of sp³-hybridized carbons (Fsp3) is 1.00. The molecule has 1 heterocycles. The molecule has 4 unspecified atom stereocenters. The van der Waals surface area contributed by atoms with Crippen molar-refractivity contribution in [2.75, 3.05) is 19.6 Å². The first kappa shape index (κ1) is 15.0. The quantitative estimate of drug-likeness (QED) is 0.767. The van der Waals surface area contributed by atoms with Crippen molar-refractivity contribution in [2.45, 2.75) is 66.0 Å². The Balaban J connectivity index is 2.53. The van der Waals surface area contributed by atoms with Crippen LogP contribution in [0.5, 0.6) is 0 Å². The highest BCUT2D eigenvalue weighted by Crippen LogP contribution is 2.23. The Morgan fingerprint density at radius 3 is 2.59 bits per heavy atom. The van der Waals surface area contributed by atoms with Gasteiger partial charge >= 0.3 is 0 Å². The van der Waals surface area contributed by atoms with Crippen LogP contribution >= 0.6 is 0 Å². The summed E-state index contributed by atoms with van der Waals surface area (Å²) in [5, 5.41) is 3.67. The minimum absolute atomic E-state index is 0.665. The molecule has 0 radical (unpaired) electrons. The van der Waals surface area contributed by atoms with Gasteiger partial charge in [0.1, 0.15) is 0 Å². The Bertz CT molecular complexity index is 203. The van der Waals surface area contributed by atoms with Crippen molar-refractivity contribution in [3.8, 4) is 0 Å². The van der Waals surface area contributed by atoms with E-state index in [0.29, 0.717) is 6.04 Å². The predicted octanol–water partition coefficient (Wildman–Crippen LogP) is 3.13. The fourth-order valence-corrected chi connectivity index (χ4v) is 2.92. The normalized spacial score (nSPS) is 30.2. The van der Waals surface area contributed by atoms with Crippen molar-refractivity contribution in [1.29, 1.82) is 0 Å². The number of likely N-dealkylation sites (N-methyl/N-ethyl adjacent to an activating group) is 1. The lowest BCUT2D eigenvalue weighted by atomic mass is 9.90. The summed E-state index contributed by atoms with van der Waals surface area (Å²) in [5.41, 5.74) is 0. The van der Waals surface area contributed by atoms with Crippen LogP contribution in [0, 0.1) is 11.8 Å². The van der Waals surface area contributed by atoms with E-state index >= 15 is 0 Å². The molecule has 0 aliphatic carbocycles. The van der Waals surface area contributed by atoms with Gasteiger partial charge in [-0.25, -0.2) is 0 Å². The maximum absolute atomic E-state index is 3.67. The van der Waals surface area contributed by atoms with Gasteiger partial charge in [-0.3, -0.25) is 4.90 Å². The molecule has 1 N–H and O–H groups in total. The number of hydrogen-bond donors (Lipinski definition) is 1. The van der Waals surface area contributed by atoms with E-state index in [1.807, 2.05) is 0 Å². The molecule has 4 atom stereocenters. The second-order valence-electron chi connectivity index (χ2n) is 5.90. The summed E-state index contributed by atoms with van der Waals surface area (Å²) in [4.78, 5) is 2.70. The van der Waals surface area contributed by atoms with Crippen molar-refractivity contribution >= 4 is 0 Å². The van der Waals surface area contributed by atoms with Gasteiger partial charge in [-0.05, 0) is 44.7 Å². The van der Waals surface area contributed by atoms with Gasteiger partial charge in [0.05, 0.1) is 0 Å². The van der Waals surface area contributed by atoms with Gasteiger partial charge in [0, 0.05) is 18.6 Å². The van der Waals surface area contributed by atoms with E-state index in [-0.39, 0.29) is 0 Å². The van der Waals surface area contributed by atoms with Crippen LogP contribution < -0.4 is 5.32 Å². The van der Waals surface area contributed by atoms with Gasteiger partial charge in [0.15, 0.2) is 0 Å². The number of hydrogen-bond acceptors (Lipinski definition) is 2. The zero-order chi connectivity index (χ0) is 12.8. The lowest BCUT2D eigenvalue weighted by molar-refractivity contribution is 0.0928. The van der Waals surface area contributed by atoms with E-state index in [1.165, 1.54) is 32.4 Å². The first-order chi connectivity index (χ1) is 8.10. The molecule has 0 aromatic rings. The molecule has 1 aliphatic heterocycles. The average molecular weight is 240 g/mol. The molecule has 2 nitrogen and oxygen atoms in total. The third-order valence-electron chi connectivity index (χ3n) is 4.73. The topological polar surface area (TPSA) is 15.3 Å². The number of nitrogens with zero attached hydrogens (tertiary/aromatic N) is 1. The van der Waals surface area contributed by atoms with Gasteiger partial charge in [-0.1, -0.05) is 34.1 Å². The molecule has 1 aliphatic rings. The largest absolute Gasteiger partial charge is 0.313 e. The second kappa shape index (κ2) is 7.38. The third kappa shape index (κ3) is 4.26. The van der Waals surface area contributed by atoms with Crippen LogP contribution in [0.1, 0.15) is 53.9 Å². The summed E-state index contributed by atoms with van der Waals surface area (Å²) in [6, 6.07) is 1.42. The monoisotopic (exact) mass is 240 g/mol. The highest BCUT2D eigenvalue weighted by atomic mass is 15.2. The van der Waals surface area contributed by atoms with E-state index < -0.39 is 0 Å². The van der Waals surface area contributed by atoms with Gasteiger partial charge in [-0.15, -0.1) is 0 Å². The van der Waals surface area contributed by atoms with Crippen LogP contribution in [0.2, 0.25) is 0 Å². The molecule has 2 heteroatoms. The maximum atomic E-state index is 3.67. The highest BCUT2D eigenvalue weighted by molar-refractivity contribution is 4.84. The smallest absolute Gasteiger partial charge is 0.0220 e. The number of rotatable bonds is 6. The SMILES string of the molecule is CCNC(CN1CCCC(C)C1C)C(C)CC. The number of likely N-dealkylation sites (tertiary alicyclic amines) is 1. The average Bonchev–Trinajstić information content (AvgIpc) is 2.33. The Morgan fingerprint density at radius 2 is 2.00 bits per heavy atom. The Morgan fingerprint density at radius 1 is 1.29 bits per heavy atom. The van der Waals surface area contributed by atoms with Crippen molar-refractivity contribution < 1.29 is 0 Å². The first-order valence-electron chi connectivity index (χ1n) is 7.57. The molecule has 0 amide bonds. The van der Waals surface area contributed by atoms with E-state index in [4.69, 9.17) is 0 Å². The predicted molar refractivity (Wildman–Crippen MR) is 76.4 cm³/mol. The van der Waals surface area contributed by atoms with E-state index in [2.05, 4.69) is 44.8 Å². The van der Waals surface area contributed by atoms with Crippen LogP contribution in [-0.2, 0) is 0 Å². The van der Waals surface area contributed by atoms with Crippen LogP contribution in [-0.4, -0.2) is 36.6 Å². The fourth-order valence-electron chi connectivity index (χ4n) is 2.92. The molecule has 1 saturated heterocycles. The van der Waals surface area contributed by atoms with Crippen LogP contribution in [0.3, 0.4) is 0 Å². The summed E-state index contributed by atoms with van der Waals surface area (Å²) < 4.78 is 0. The maximum Gasteiger partial charge on any atom is 0.0220 e. The number of piperidine rings is 1. The molecule has 17 heavy (non-hydrogen) atoms. The Hall–Kier alpha value is -0.0800. The Kier molecular flexibility index (Phi) is 6.50. The molecule has 0 aromatic carbocycles. The van der Waals surface area contributed by atoms with Crippen molar-refractivity contribution in [1.82, 2.24) is 10.2 Å². The molecular formula is C15H32N2. The van der Waals surface area contributed by atoms with E-state index in [0.717, 1.165) is 24.4 Å². The molecule has 0 bridgehead atoms. The molecule has 102 valence electrons. The molecule has 0 spiro atoms. The molecular weight excluding hydrogens is 208 g/mol. The molecule has 1 rings (SSSR count). The summed E-state index contributed by atoms with van der Waals surface area (Å²) in [5.74, 6) is 1.64. The van der Waals surface area contributed by atoms with Crippen molar-refractivity contribution in [3.63, 3.8) is 0 Å². The summed E-state index contributed by atoms with van der Waals surface area (Å²) >= 11 is 0. The summed E-state index contributed by atoms with van der Waals surface area (Å²) in [7, 11) is 0.